The van der Waals surface area contributed by atoms with Crippen molar-refractivity contribution in [1.29, 1.82) is 0 Å². The van der Waals surface area contributed by atoms with Crippen LogP contribution in [0.5, 0.6) is 0 Å². The fourth-order valence-corrected chi connectivity index (χ4v) is 1.37. The van der Waals surface area contributed by atoms with Crippen LogP contribution in [-0.4, -0.2) is 13.1 Å². The summed E-state index contributed by atoms with van der Waals surface area (Å²) in [6.45, 7) is 0. The van der Waals surface area contributed by atoms with Crippen molar-refractivity contribution in [3.8, 4) is 0 Å². The van der Waals surface area contributed by atoms with Gasteiger partial charge >= 0.3 is 12.1 Å². The summed E-state index contributed by atoms with van der Waals surface area (Å²) >= 11 is 0. The lowest BCUT2D eigenvalue weighted by Crippen LogP contribution is -2.15. The highest BCUT2D eigenvalue weighted by atomic mass is 19.4. The van der Waals surface area contributed by atoms with E-state index in [1.165, 1.54) is 19.2 Å². The van der Waals surface area contributed by atoms with Crippen LogP contribution >= 0.6 is 0 Å². The average Bonchev–Trinajstić information content (AvgIpc) is 2.34. The maximum absolute atomic E-state index is 12.3. The Hall–Kier alpha value is -1.60. The summed E-state index contributed by atoms with van der Waals surface area (Å²) in [4.78, 5) is 15.6. The zero-order chi connectivity index (χ0) is 13.8. The van der Waals surface area contributed by atoms with Crippen molar-refractivity contribution >= 4 is 5.97 Å². The monoisotopic (exact) mass is 263 g/mol. The van der Waals surface area contributed by atoms with Crippen LogP contribution in [0.1, 0.15) is 23.7 Å². The smallest absolute Gasteiger partial charge is 0.416 e. The maximum Gasteiger partial charge on any atom is 0.416 e. The van der Waals surface area contributed by atoms with Gasteiger partial charge in [-0.05, 0) is 17.7 Å². The molecule has 0 aromatic heterocycles. The molecule has 0 saturated heterocycles. The normalized spacial score (nSPS) is 13.2. The summed E-state index contributed by atoms with van der Waals surface area (Å²) in [6, 6.07) is 4.23. The second-order valence-corrected chi connectivity index (χ2v) is 3.52. The summed E-state index contributed by atoms with van der Waals surface area (Å²) in [5, 5.41) is 0. The predicted molar refractivity (Wildman–Crippen MR) is 56.1 cm³/mol. The lowest BCUT2D eigenvalue weighted by atomic mass is 10.0. The average molecular weight is 263 g/mol. The number of benzene rings is 1. The SMILES string of the molecule is COC(=O)CC(ON)c1ccc(C(F)(F)F)cc1. The van der Waals surface area contributed by atoms with Crippen LogP contribution < -0.4 is 5.90 Å². The number of nitrogens with two attached hydrogens (primary N) is 1. The van der Waals surface area contributed by atoms with Crippen LogP contribution in [0, 0.1) is 0 Å². The van der Waals surface area contributed by atoms with Crippen LogP contribution in [-0.2, 0) is 20.5 Å². The van der Waals surface area contributed by atoms with Crippen molar-refractivity contribution in [2.45, 2.75) is 18.7 Å². The molecule has 4 nitrogen and oxygen atoms in total. The number of carbonyl (C=O) groups excluding carboxylic acids is 1. The topological polar surface area (TPSA) is 61.5 Å². The van der Waals surface area contributed by atoms with Gasteiger partial charge in [0, 0.05) is 0 Å². The highest BCUT2D eigenvalue weighted by Gasteiger charge is 2.30. The molecule has 1 atom stereocenters. The van der Waals surface area contributed by atoms with Gasteiger partial charge in [0.05, 0.1) is 19.1 Å². The quantitative estimate of drug-likeness (QED) is 0.668. The van der Waals surface area contributed by atoms with E-state index in [1.54, 1.807) is 0 Å². The molecule has 1 aromatic rings. The fraction of sp³-hybridized carbons (Fsp3) is 0.364. The lowest BCUT2D eigenvalue weighted by molar-refractivity contribution is -0.144. The first-order chi connectivity index (χ1) is 8.38. The van der Waals surface area contributed by atoms with Gasteiger partial charge in [-0.2, -0.15) is 13.2 Å². The summed E-state index contributed by atoms with van der Waals surface area (Å²) in [7, 11) is 1.20. The molecular formula is C11H12F3NO3. The van der Waals surface area contributed by atoms with Gasteiger partial charge in [0.25, 0.3) is 0 Å². The molecule has 1 unspecified atom stereocenters. The molecule has 0 bridgehead atoms. The molecule has 0 heterocycles. The molecule has 0 spiro atoms. The second kappa shape index (κ2) is 5.83. The minimum Gasteiger partial charge on any atom is -0.469 e. The van der Waals surface area contributed by atoms with Gasteiger partial charge in [0.15, 0.2) is 0 Å². The summed E-state index contributed by atoms with van der Waals surface area (Å²) in [5.74, 6) is 4.44. The molecule has 100 valence electrons. The lowest BCUT2D eigenvalue weighted by Gasteiger charge is -2.14. The number of hydrogen-bond donors (Lipinski definition) is 1. The number of rotatable bonds is 4. The molecule has 0 fully saturated rings. The van der Waals surface area contributed by atoms with E-state index in [-0.39, 0.29) is 6.42 Å². The van der Waals surface area contributed by atoms with Crippen LogP contribution in [0.15, 0.2) is 24.3 Å². The summed E-state index contributed by atoms with van der Waals surface area (Å²) < 4.78 is 41.4. The standard InChI is InChI=1S/C11H12F3NO3/c1-17-10(16)6-9(18-15)7-2-4-8(5-3-7)11(12,13)14/h2-5,9H,6,15H2,1H3. The van der Waals surface area contributed by atoms with Crippen molar-refractivity contribution in [3.63, 3.8) is 0 Å². The molecule has 0 aliphatic carbocycles. The zero-order valence-electron chi connectivity index (χ0n) is 9.53. The Morgan fingerprint density at radius 1 is 1.33 bits per heavy atom. The van der Waals surface area contributed by atoms with E-state index < -0.39 is 23.8 Å². The summed E-state index contributed by atoms with van der Waals surface area (Å²) in [5.41, 5.74) is -0.406. The molecule has 18 heavy (non-hydrogen) atoms. The predicted octanol–water partition coefficient (Wildman–Crippen LogP) is 2.20. The third-order valence-electron chi connectivity index (χ3n) is 2.35. The van der Waals surface area contributed by atoms with E-state index >= 15 is 0 Å². The second-order valence-electron chi connectivity index (χ2n) is 3.52. The van der Waals surface area contributed by atoms with Crippen molar-refractivity contribution in [1.82, 2.24) is 0 Å². The Kier molecular flexibility index (Phi) is 4.69. The molecule has 7 heteroatoms. The minimum absolute atomic E-state index is 0.168. The Labute approximate surface area is 101 Å². The number of esters is 1. The third kappa shape index (κ3) is 3.71. The highest BCUT2D eigenvalue weighted by molar-refractivity contribution is 5.70. The Morgan fingerprint density at radius 2 is 1.89 bits per heavy atom. The molecule has 0 amide bonds. The summed E-state index contributed by atoms with van der Waals surface area (Å²) in [6.07, 6.45) is -5.40. The van der Waals surface area contributed by atoms with Crippen molar-refractivity contribution in [3.05, 3.63) is 35.4 Å². The van der Waals surface area contributed by atoms with Crippen LogP contribution in [0.2, 0.25) is 0 Å². The molecule has 0 aliphatic heterocycles. The van der Waals surface area contributed by atoms with Gasteiger partial charge in [-0.25, -0.2) is 5.90 Å². The molecular weight excluding hydrogens is 251 g/mol. The Balaban J connectivity index is 2.85. The largest absolute Gasteiger partial charge is 0.469 e. The zero-order valence-corrected chi connectivity index (χ0v) is 9.53. The fourth-order valence-electron chi connectivity index (χ4n) is 1.37. The number of carbonyl (C=O) groups is 1. The molecule has 1 rings (SSSR count). The van der Waals surface area contributed by atoms with E-state index in [0.717, 1.165) is 12.1 Å². The number of methoxy groups -OCH3 is 1. The number of ether oxygens (including phenoxy) is 1. The maximum atomic E-state index is 12.3. The van der Waals surface area contributed by atoms with Crippen molar-refractivity contribution in [2.75, 3.05) is 7.11 Å². The minimum atomic E-state index is -4.40. The van der Waals surface area contributed by atoms with Gasteiger partial charge in [0.2, 0.25) is 0 Å². The van der Waals surface area contributed by atoms with E-state index in [4.69, 9.17) is 5.90 Å². The van der Waals surface area contributed by atoms with Gasteiger partial charge in [-0.15, -0.1) is 0 Å². The Morgan fingerprint density at radius 3 is 2.28 bits per heavy atom. The van der Waals surface area contributed by atoms with E-state index in [1.807, 2.05) is 0 Å². The number of alkyl halides is 3. The van der Waals surface area contributed by atoms with E-state index in [0.29, 0.717) is 5.56 Å². The molecule has 0 aliphatic rings. The van der Waals surface area contributed by atoms with Crippen molar-refractivity contribution < 1.29 is 27.5 Å². The third-order valence-corrected chi connectivity index (χ3v) is 2.35. The first-order valence-corrected chi connectivity index (χ1v) is 4.98. The van der Waals surface area contributed by atoms with E-state index in [9.17, 15) is 18.0 Å². The molecule has 1 aromatic carbocycles. The van der Waals surface area contributed by atoms with E-state index in [2.05, 4.69) is 9.57 Å². The first-order valence-electron chi connectivity index (χ1n) is 4.98. The van der Waals surface area contributed by atoms with Crippen LogP contribution in [0.25, 0.3) is 0 Å². The molecule has 0 radical (unpaired) electrons. The van der Waals surface area contributed by atoms with Crippen LogP contribution in [0.3, 0.4) is 0 Å². The van der Waals surface area contributed by atoms with Crippen molar-refractivity contribution in [2.24, 2.45) is 5.90 Å². The van der Waals surface area contributed by atoms with Gasteiger partial charge in [-0.3, -0.25) is 9.63 Å². The van der Waals surface area contributed by atoms with Gasteiger partial charge in [-0.1, -0.05) is 12.1 Å². The molecule has 2 N–H and O–H groups in total. The number of halogens is 3. The first kappa shape index (κ1) is 14.5. The molecule has 0 saturated carbocycles. The number of hydrogen-bond acceptors (Lipinski definition) is 4. The van der Waals surface area contributed by atoms with Crippen LogP contribution in [0.4, 0.5) is 13.2 Å². The van der Waals surface area contributed by atoms with Gasteiger partial charge in [0.1, 0.15) is 6.10 Å². The Bertz CT molecular complexity index is 403. The highest BCUT2D eigenvalue weighted by Crippen LogP contribution is 2.30. The van der Waals surface area contributed by atoms with Gasteiger partial charge < -0.3 is 4.74 Å².